The summed E-state index contributed by atoms with van der Waals surface area (Å²) in [5.41, 5.74) is 1.31. The Hall–Kier alpha value is -3.75. The summed E-state index contributed by atoms with van der Waals surface area (Å²) in [5, 5.41) is 7.91. The molecule has 2 aromatic rings. The minimum absolute atomic E-state index is 0.119. The topological polar surface area (TPSA) is 115 Å². The lowest BCUT2D eigenvalue weighted by atomic mass is 10.2. The molecule has 0 saturated carbocycles. The smallest absolute Gasteiger partial charge is 0.265 e. The Kier molecular flexibility index (Phi) is 4.48. The van der Waals surface area contributed by atoms with Gasteiger partial charge in [-0.2, -0.15) is 0 Å². The fourth-order valence-corrected chi connectivity index (χ4v) is 2.79. The lowest BCUT2D eigenvalue weighted by molar-refractivity contribution is -0.122. The molecule has 1 atom stereocenters. The standard InChI is InChI=1S/C19H17N3O6/c1-10-18(24)22-13-7-12(3-5-14(13)28-10)21-17(23)8-20-19(25)11-2-4-15-16(6-11)27-9-26-15/h2-7,10H,8-9H2,1H3,(H,20,25)(H,21,23)(H,22,24). The minimum atomic E-state index is -0.570. The molecule has 144 valence electrons. The summed E-state index contributed by atoms with van der Waals surface area (Å²) in [6.45, 7) is 1.55. The van der Waals surface area contributed by atoms with Gasteiger partial charge in [-0.25, -0.2) is 0 Å². The van der Waals surface area contributed by atoms with Gasteiger partial charge in [0.25, 0.3) is 11.8 Å². The molecule has 1 unspecified atom stereocenters. The molecule has 0 fully saturated rings. The number of rotatable bonds is 4. The first-order valence-corrected chi connectivity index (χ1v) is 8.59. The third kappa shape index (κ3) is 3.54. The van der Waals surface area contributed by atoms with Crippen LogP contribution in [0.4, 0.5) is 11.4 Å². The molecule has 9 heteroatoms. The summed E-state index contributed by atoms with van der Waals surface area (Å²) in [6, 6.07) is 9.70. The molecule has 0 spiro atoms. The largest absolute Gasteiger partial charge is 0.479 e. The maximum absolute atomic E-state index is 12.2. The number of amides is 3. The first-order valence-electron chi connectivity index (χ1n) is 8.59. The predicted octanol–water partition coefficient (Wildman–Crippen LogP) is 1.50. The Labute approximate surface area is 160 Å². The van der Waals surface area contributed by atoms with Crippen LogP contribution in [0.2, 0.25) is 0 Å². The van der Waals surface area contributed by atoms with E-state index in [4.69, 9.17) is 14.2 Å². The van der Waals surface area contributed by atoms with Crippen LogP contribution in [0.5, 0.6) is 17.2 Å². The van der Waals surface area contributed by atoms with Gasteiger partial charge in [-0.05, 0) is 43.3 Å². The van der Waals surface area contributed by atoms with E-state index in [2.05, 4.69) is 16.0 Å². The van der Waals surface area contributed by atoms with Crippen LogP contribution in [0.25, 0.3) is 0 Å². The van der Waals surface area contributed by atoms with Crippen molar-refractivity contribution >= 4 is 29.1 Å². The van der Waals surface area contributed by atoms with Gasteiger partial charge in [-0.1, -0.05) is 0 Å². The van der Waals surface area contributed by atoms with Crippen molar-refractivity contribution in [2.75, 3.05) is 24.0 Å². The molecule has 0 radical (unpaired) electrons. The van der Waals surface area contributed by atoms with E-state index in [1.165, 1.54) is 0 Å². The Morgan fingerprint density at radius 3 is 2.75 bits per heavy atom. The number of anilines is 2. The van der Waals surface area contributed by atoms with E-state index in [0.717, 1.165) is 0 Å². The van der Waals surface area contributed by atoms with Crippen molar-refractivity contribution in [2.24, 2.45) is 0 Å². The fraction of sp³-hybridized carbons (Fsp3) is 0.211. The van der Waals surface area contributed by atoms with Crippen LogP contribution in [0.15, 0.2) is 36.4 Å². The van der Waals surface area contributed by atoms with Crippen molar-refractivity contribution in [3.05, 3.63) is 42.0 Å². The van der Waals surface area contributed by atoms with Gasteiger partial charge in [0.1, 0.15) is 5.75 Å². The lowest BCUT2D eigenvalue weighted by Crippen LogP contribution is -2.34. The van der Waals surface area contributed by atoms with Crippen molar-refractivity contribution in [3.63, 3.8) is 0 Å². The van der Waals surface area contributed by atoms with Crippen LogP contribution in [-0.2, 0) is 9.59 Å². The average Bonchev–Trinajstić information content (AvgIpc) is 3.15. The Bertz CT molecular complexity index is 974. The first kappa shape index (κ1) is 17.7. The molecular weight excluding hydrogens is 366 g/mol. The van der Waals surface area contributed by atoms with Gasteiger partial charge in [0.05, 0.1) is 12.2 Å². The zero-order valence-corrected chi connectivity index (χ0v) is 14.9. The van der Waals surface area contributed by atoms with Gasteiger partial charge in [0.15, 0.2) is 17.6 Å². The molecule has 4 rings (SSSR count). The molecule has 28 heavy (non-hydrogen) atoms. The average molecular weight is 383 g/mol. The van der Waals surface area contributed by atoms with Crippen molar-refractivity contribution in [1.82, 2.24) is 5.32 Å². The predicted molar refractivity (Wildman–Crippen MR) is 98.7 cm³/mol. The van der Waals surface area contributed by atoms with Crippen molar-refractivity contribution in [1.29, 1.82) is 0 Å². The highest BCUT2D eigenvalue weighted by Gasteiger charge is 2.23. The van der Waals surface area contributed by atoms with Gasteiger partial charge in [-0.3, -0.25) is 14.4 Å². The maximum atomic E-state index is 12.2. The van der Waals surface area contributed by atoms with E-state index in [-0.39, 0.29) is 19.2 Å². The van der Waals surface area contributed by atoms with E-state index in [0.29, 0.717) is 34.2 Å². The van der Waals surface area contributed by atoms with Crippen molar-refractivity contribution < 1.29 is 28.6 Å². The van der Waals surface area contributed by atoms with Gasteiger partial charge >= 0.3 is 0 Å². The molecule has 0 saturated heterocycles. The van der Waals surface area contributed by atoms with E-state index in [1.54, 1.807) is 43.3 Å². The second-order valence-corrected chi connectivity index (χ2v) is 6.26. The SMILES string of the molecule is CC1Oc2ccc(NC(=O)CNC(=O)c3ccc4c(c3)OCO4)cc2NC1=O. The van der Waals surface area contributed by atoms with Crippen LogP contribution < -0.4 is 30.2 Å². The summed E-state index contributed by atoms with van der Waals surface area (Å²) in [5.74, 6) is 0.518. The highest BCUT2D eigenvalue weighted by Crippen LogP contribution is 2.33. The number of fused-ring (bicyclic) bond motifs is 2. The lowest BCUT2D eigenvalue weighted by Gasteiger charge is -2.23. The third-order valence-electron chi connectivity index (χ3n) is 4.24. The molecule has 9 nitrogen and oxygen atoms in total. The van der Waals surface area contributed by atoms with Gasteiger partial charge < -0.3 is 30.2 Å². The molecule has 0 aliphatic carbocycles. The molecule has 2 aliphatic heterocycles. The summed E-state index contributed by atoms with van der Waals surface area (Å²) in [4.78, 5) is 36.0. The highest BCUT2D eigenvalue weighted by molar-refractivity contribution is 6.01. The zero-order valence-electron chi connectivity index (χ0n) is 14.9. The second-order valence-electron chi connectivity index (χ2n) is 6.26. The number of carbonyl (C=O) groups is 3. The highest BCUT2D eigenvalue weighted by atomic mass is 16.7. The monoisotopic (exact) mass is 383 g/mol. The maximum Gasteiger partial charge on any atom is 0.265 e. The van der Waals surface area contributed by atoms with E-state index < -0.39 is 17.9 Å². The number of hydrogen-bond acceptors (Lipinski definition) is 6. The van der Waals surface area contributed by atoms with Crippen LogP contribution in [-0.4, -0.2) is 37.2 Å². The van der Waals surface area contributed by atoms with Crippen LogP contribution in [0.1, 0.15) is 17.3 Å². The number of nitrogens with one attached hydrogen (secondary N) is 3. The Morgan fingerprint density at radius 2 is 1.89 bits per heavy atom. The number of benzene rings is 2. The van der Waals surface area contributed by atoms with E-state index in [1.807, 2.05) is 0 Å². The molecule has 2 heterocycles. The molecule has 3 amide bonds. The third-order valence-corrected chi connectivity index (χ3v) is 4.24. The van der Waals surface area contributed by atoms with Crippen LogP contribution in [0.3, 0.4) is 0 Å². The summed E-state index contributed by atoms with van der Waals surface area (Å²) >= 11 is 0. The zero-order chi connectivity index (χ0) is 19.7. The molecule has 2 aliphatic rings. The number of hydrogen-bond donors (Lipinski definition) is 3. The summed E-state index contributed by atoms with van der Waals surface area (Å²) in [6.07, 6.45) is -0.570. The first-order chi connectivity index (χ1) is 13.5. The molecular formula is C19H17N3O6. The normalized spacial score (nSPS) is 16.5. The molecule has 3 N–H and O–H groups in total. The van der Waals surface area contributed by atoms with E-state index in [9.17, 15) is 14.4 Å². The molecule has 0 bridgehead atoms. The Morgan fingerprint density at radius 1 is 1.11 bits per heavy atom. The summed E-state index contributed by atoms with van der Waals surface area (Å²) < 4.78 is 15.9. The van der Waals surface area contributed by atoms with E-state index >= 15 is 0 Å². The minimum Gasteiger partial charge on any atom is -0.479 e. The fourth-order valence-electron chi connectivity index (χ4n) is 2.79. The quantitative estimate of drug-likeness (QED) is 0.737. The Balaban J connectivity index is 1.34. The summed E-state index contributed by atoms with van der Waals surface area (Å²) in [7, 11) is 0. The van der Waals surface area contributed by atoms with Crippen LogP contribution >= 0.6 is 0 Å². The second kappa shape index (κ2) is 7.10. The van der Waals surface area contributed by atoms with Crippen LogP contribution in [0, 0.1) is 0 Å². The molecule has 0 aromatic heterocycles. The van der Waals surface area contributed by atoms with Gasteiger partial charge in [0.2, 0.25) is 12.7 Å². The van der Waals surface area contributed by atoms with Crippen molar-refractivity contribution in [2.45, 2.75) is 13.0 Å². The van der Waals surface area contributed by atoms with Gasteiger partial charge in [0, 0.05) is 11.3 Å². The number of carbonyl (C=O) groups excluding carboxylic acids is 3. The molecule has 2 aromatic carbocycles. The van der Waals surface area contributed by atoms with Gasteiger partial charge in [-0.15, -0.1) is 0 Å². The van der Waals surface area contributed by atoms with Crippen molar-refractivity contribution in [3.8, 4) is 17.2 Å². The number of ether oxygens (including phenoxy) is 3.